The molecule has 138 valence electrons. The molecule has 3 rings (SSSR count). The third-order valence-electron chi connectivity index (χ3n) is 4.23. The number of amides is 2. The Morgan fingerprint density at radius 2 is 1.70 bits per heavy atom. The molecule has 0 saturated carbocycles. The molecule has 0 aliphatic carbocycles. The van der Waals surface area contributed by atoms with E-state index in [0.29, 0.717) is 16.9 Å². The van der Waals surface area contributed by atoms with E-state index in [-0.39, 0.29) is 10.7 Å². The van der Waals surface area contributed by atoms with Crippen molar-refractivity contribution in [2.45, 2.75) is 13.8 Å². The number of halogens is 1. The number of ether oxygens (including phenoxy) is 1. The second-order valence-electron chi connectivity index (χ2n) is 6.12. The maximum Gasteiger partial charge on any atom is 0.337 e. The monoisotopic (exact) mass is 384 g/mol. The van der Waals surface area contributed by atoms with Crippen LogP contribution >= 0.6 is 11.6 Å². The van der Waals surface area contributed by atoms with Crippen molar-refractivity contribution in [1.82, 2.24) is 0 Å². The minimum absolute atomic E-state index is 0.0208. The summed E-state index contributed by atoms with van der Waals surface area (Å²) in [6, 6.07) is 11.7. The van der Waals surface area contributed by atoms with Crippen molar-refractivity contribution in [2.24, 2.45) is 0 Å². The van der Waals surface area contributed by atoms with E-state index < -0.39 is 17.8 Å². The van der Waals surface area contributed by atoms with Crippen LogP contribution in [0.4, 0.5) is 11.4 Å². The Hall–Kier alpha value is -3.12. The van der Waals surface area contributed by atoms with Gasteiger partial charge in [-0.25, -0.2) is 9.69 Å². The number of esters is 1. The Morgan fingerprint density at radius 1 is 1.04 bits per heavy atom. The topological polar surface area (TPSA) is 75.7 Å². The molecule has 0 radical (unpaired) electrons. The number of nitrogens with zero attached hydrogens (tertiary/aromatic N) is 1. The second-order valence-corrected chi connectivity index (χ2v) is 6.49. The molecule has 6 nitrogen and oxygen atoms in total. The van der Waals surface area contributed by atoms with E-state index in [1.807, 2.05) is 32.0 Å². The molecule has 1 aliphatic heterocycles. The van der Waals surface area contributed by atoms with Crippen molar-refractivity contribution >= 4 is 40.8 Å². The molecule has 7 heteroatoms. The van der Waals surface area contributed by atoms with Crippen LogP contribution < -0.4 is 10.2 Å². The Labute approximate surface area is 161 Å². The predicted octanol–water partition coefficient (Wildman–Crippen LogP) is 3.53. The van der Waals surface area contributed by atoms with Gasteiger partial charge in [0.2, 0.25) is 0 Å². The van der Waals surface area contributed by atoms with Crippen LogP contribution in [0.1, 0.15) is 21.5 Å². The molecule has 27 heavy (non-hydrogen) atoms. The zero-order valence-electron chi connectivity index (χ0n) is 15.0. The van der Waals surface area contributed by atoms with Crippen molar-refractivity contribution in [1.29, 1.82) is 0 Å². The molecule has 1 aliphatic rings. The first-order chi connectivity index (χ1) is 12.8. The van der Waals surface area contributed by atoms with Crippen molar-refractivity contribution in [2.75, 3.05) is 17.3 Å². The van der Waals surface area contributed by atoms with E-state index in [1.165, 1.54) is 31.4 Å². The molecule has 2 amide bonds. The number of rotatable bonds is 4. The summed E-state index contributed by atoms with van der Waals surface area (Å²) in [5.41, 5.74) is 3.27. The number of benzene rings is 2. The van der Waals surface area contributed by atoms with E-state index in [9.17, 15) is 14.4 Å². The predicted molar refractivity (Wildman–Crippen MR) is 103 cm³/mol. The highest BCUT2D eigenvalue weighted by atomic mass is 35.5. The SMILES string of the molecule is COC(=O)c1ccc(N2C(=O)C(Cl)=C(Nc3cc(C)ccc3C)C2=O)cc1. The summed E-state index contributed by atoms with van der Waals surface area (Å²) in [5, 5.41) is 2.80. The standard InChI is InChI=1S/C20H17ClN2O4/c1-11-4-5-12(2)15(10-11)22-17-16(21)18(24)23(19(17)25)14-8-6-13(7-9-14)20(26)27-3/h4-10,22H,1-3H3. The fraction of sp³-hybridized carbons (Fsp3) is 0.150. The summed E-state index contributed by atoms with van der Waals surface area (Å²) in [6.45, 7) is 3.82. The summed E-state index contributed by atoms with van der Waals surface area (Å²) in [6.07, 6.45) is 0. The zero-order valence-corrected chi connectivity index (χ0v) is 15.8. The Morgan fingerprint density at radius 3 is 2.33 bits per heavy atom. The van der Waals surface area contributed by atoms with Crippen LogP contribution in [0.3, 0.4) is 0 Å². The van der Waals surface area contributed by atoms with Crippen molar-refractivity contribution in [3.8, 4) is 0 Å². The average Bonchev–Trinajstić information content (AvgIpc) is 2.87. The molecular weight excluding hydrogens is 368 g/mol. The van der Waals surface area contributed by atoms with E-state index in [1.54, 1.807) is 0 Å². The largest absolute Gasteiger partial charge is 0.465 e. The number of methoxy groups -OCH3 is 1. The van der Waals surface area contributed by atoms with Crippen LogP contribution in [0, 0.1) is 13.8 Å². The van der Waals surface area contributed by atoms with Gasteiger partial charge in [-0.1, -0.05) is 23.7 Å². The first-order valence-corrected chi connectivity index (χ1v) is 8.52. The van der Waals surface area contributed by atoms with Gasteiger partial charge in [0.05, 0.1) is 18.4 Å². The van der Waals surface area contributed by atoms with Gasteiger partial charge >= 0.3 is 5.97 Å². The van der Waals surface area contributed by atoms with Crippen LogP contribution in [0.15, 0.2) is 53.2 Å². The maximum atomic E-state index is 12.8. The smallest absolute Gasteiger partial charge is 0.337 e. The molecule has 2 aromatic rings. The molecule has 0 aromatic heterocycles. The quantitative estimate of drug-likeness (QED) is 0.644. The normalized spacial score (nSPS) is 14.0. The van der Waals surface area contributed by atoms with Gasteiger partial charge in [-0.3, -0.25) is 9.59 Å². The molecule has 0 bridgehead atoms. The summed E-state index contributed by atoms with van der Waals surface area (Å²) in [5.74, 6) is -1.69. The van der Waals surface area contributed by atoms with Crippen LogP contribution in [-0.4, -0.2) is 24.9 Å². The van der Waals surface area contributed by atoms with Gasteiger partial charge in [0.15, 0.2) is 0 Å². The molecule has 0 unspecified atom stereocenters. The number of hydrogen-bond donors (Lipinski definition) is 1. The van der Waals surface area contributed by atoms with Crippen LogP contribution in [0.5, 0.6) is 0 Å². The number of hydrogen-bond acceptors (Lipinski definition) is 5. The fourth-order valence-electron chi connectivity index (χ4n) is 2.72. The summed E-state index contributed by atoms with van der Waals surface area (Å²) >= 11 is 6.15. The Kier molecular flexibility index (Phi) is 5.01. The van der Waals surface area contributed by atoms with Crippen molar-refractivity contribution in [3.63, 3.8) is 0 Å². The van der Waals surface area contributed by atoms with Gasteiger partial charge in [0.25, 0.3) is 11.8 Å². The highest BCUT2D eigenvalue weighted by Gasteiger charge is 2.39. The number of carbonyl (C=O) groups is 3. The Balaban J connectivity index is 1.89. The summed E-state index contributed by atoms with van der Waals surface area (Å²) < 4.78 is 4.64. The van der Waals surface area contributed by atoms with Gasteiger partial charge < -0.3 is 10.1 Å². The lowest BCUT2D eigenvalue weighted by molar-refractivity contribution is -0.120. The van der Waals surface area contributed by atoms with Gasteiger partial charge in [-0.15, -0.1) is 0 Å². The van der Waals surface area contributed by atoms with Crippen molar-refractivity contribution in [3.05, 3.63) is 69.9 Å². The Bertz CT molecular complexity index is 980. The fourth-order valence-corrected chi connectivity index (χ4v) is 2.93. The van der Waals surface area contributed by atoms with E-state index >= 15 is 0 Å². The van der Waals surface area contributed by atoms with E-state index in [4.69, 9.17) is 11.6 Å². The number of carbonyl (C=O) groups excluding carboxylic acids is 3. The third kappa shape index (κ3) is 3.44. The number of nitrogens with one attached hydrogen (secondary N) is 1. The lowest BCUT2D eigenvalue weighted by atomic mass is 10.1. The first kappa shape index (κ1) is 18.7. The third-order valence-corrected chi connectivity index (χ3v) is 4.58. The minimum Gasteiger partial charge on any atom is -0.465 e. The van der Waals surface area contributed by atoms with Gasteiger partial charge in [0.1, 0.15) is 10.7 Å². The zero-order chi connectivity index (χ0) is 19.7. The molecule has 0 spiro atoms. The molecule has 1 heterocycles. The maximum absolute atomic E-state index is 12.8. The lowest BCUT2D eigenvalue weighted by Crippen LogP contribution is -2.32. The second kappa shape index (κ2) is 7.25. The van der Waals surface area contributed by atoms with Gasteiger partial charge in [-0.2, -0.15) is 0 Å². The minimum atomic E-state index is -0.625. The number of aryl methyl sites for hydroxylation is 2. The molecule has 1 N–H and O–H groups in total. The number of imide groups is 1. The highest BCUT2D eigenvalue weighted by molar-refractivity contribution is 6.53. The van der Waals surface area contributed by atoms with E-state index in [2.05, 4.69) is 10.1 Å². The van der Waals surface area contributed by atoms with Crippen LogP contribution in [0.25, 0.3) is 0 Å². The van der Waals surface area contributed by atoms with Gasteiger partial charge in [-0.05, 0) is 55.3 Å². The highest BCUT2D eigenvalue weighted by Crippen LogP contribution is 2.31. The molecule has 2 aromatic carbocycles. The molecule has 0 fully saturated rings. The average molecular weight is 385 g/mol. The van der Waals surface area contributed by atoms with Crippen LogP contribution in [-0.2, 0) is 14.3 Å². The molecular formula is C20H17ClN2O4. The lowest BCUT2D eigenvalue weighted by Gasteiger charge is -2.16. The first-order valence-electron chi connectivity index (χ1n) is 8.14. The van der Waals surface area contributed by atoms with Crippen molar-refractivity contribution < 1.29 is 19.1 Å². The number of anilines is 2. The molecule has 0 atom stereocenters. The van der Waals surface area contributed by atoms with Crippen LogP contribution in [0.2, 0.25) is 0 Å². The summed E-state index contributed by atoms with van der Waals surface area (Å²) in [7, 11) is 1.28. The van der Waals surface area contributed by atoms with Gasteiger partial charge in [0, 0.05) is 5.69 Å². The summed E-state index contributed by atoms with van der Waals surface area (Å²) in [4.78, 5) is 37.8. The van der Waals surface area contributed by atoms with E-state index in [0.717, 1.165) is 16.0 Å². The molecule has 0 saturated heterocycles.